The van der Waals surface area contributed by atoms with E-state index in [0.29, 0.717) is 33.5 Å². The smallest absolute Gasteiger partial charge is 0.289 e. The molecule has 1 amide bonds. The van der Waals surface area contributed by atoms with Gasteiger partial charge in [0.25, 0.3) is 5.91 Å². The fraction of sp³-hybridized carbons (Fsp3) is 0.280. The molecular weight excluding hydrogens is 539 g/mol. The highest BCUT2D eigenvalue weighted by molar-refractivity contribution is 7.91. The van der Waals surface area contributed by atoms with Gasteiger partial charge < -0.3 is 9.84 Å². The minimum Gasteiger partial charge on any atom is -0.480 e. The number of aromatic nitrogens is 2. The number of hydrazine groups is 1. The molecule has 4 rings (SSSR count). The summed E-state index contributed by atoms with van der Waals surface area (Å²) in [5, 5.41) is 11.3. The quantitative estimate of drug-likeness (QED) is 0.444. The molecule has 2 aromatic carbocycles. The normalized spacial score (nSPS) is 15.0. The maximum atomic E-state index is 13.3. The molecule has 9 nitrogen and oxygen atoms in total. The van der Waals surface area contributed by atoms with Crippen molar-refractivity contribution in [2.75, 3.05) is 38.3 Å². The summed E-state index contributed by atoms with van der Waals surface area (Å²) in [6.07, 6.45) is 0.373. The monoisotopic (exact) mass is 562 g/mol. The first kappa shape index (κ1) is 27.0. The topological polar surface area (TPSA) is 114 Å². The van der Waals surface area contributed by atoms with Crippen LogP contribution in [-0.2, 0) is 9.84 Å². The number of rotatable bonds is 6. The maximum absolute atomic E-state index is 13.3. The number of ether oxygens (including phenoxy) is 1. The second kappa shape index (κ2) is 11.5. The molecular formula is C25H24Cl2N4O5S. The number of carbonyl (C=O) groups excluding carboxylic acids is 1. The Kier molecular flexibility index (Phi) is 8.42. The van der Waals surface area contributed by atoms with Gasteiger partial charge in [-0.1, -0.05) is 35.0 Å². The number of imidazole rings is 1. The average molecular weight is 563 g/mol. The van der Waals surface area contributed by atoms with Crippen LogP contribution in [0.2, 0.25) is 10.0 Å². The fourth-order valence-corrected chi connectivity index (χ4v) is 5.46. The standard InChI is InChI=1S/C25H24Cl2N4O5S/c1-36-25-22(24(33)29-30-11-14-37(34,35)15-12-30)28-23(20-10-7-18(26)16-21(20)27)31(25)19-8-5-17(6-9-19)4-2-3-13-32/h5-10,16,32H,3,11-15H2,1H3,(H,29,33). The van der Waals surface area contributed by atoms with Crippen LogP contribution in [0, 0.1) is 11.8 Å². The van der Waals surface area contributed by atoms with Gasteiger partial charge in [0.2, 0.25) is 5.88 Å². The van der Waals surface area contributed by atoms with Gasteiger partial charge in [-0.05, 0) is 42.5 Å². The lowest BCUT2D eigenvalue weighted by molar-refractivity contribution is 0.0793. The van der Waals surface area contributed by atoms with Crippen LogP contribution < -0.4 is 10.2 Å². The van der Waals surface area contributed by atoms with E-state index in [1.54, 1.807) is 52.0 Å². The van der Waals surface area contributed by atoms with E-state index in [0.717, 1.165) is 5.56 Å². The molecule has 0 unspecified atom stereocenters. The fourth-order valence-electron chi connectivity index (χ4n) is 3.77. The molecule has 0 aliphatic carbocycles. The Morgan fingerprint density at radius 3 is 2.49 bits per heavy atom. The molecule has 12 heteroatoms. The SMILES string of the molecule is COc1c(C(=O)NN2CCS(=O)(=O)CC2)nc(-c2ccc(Cl)cc2Cl)n1-c1ccc(C#CCCO)cc1. The van der Waals surface area contributed by atoms with Gasteiger partial charge >= 0.3 is 0 Å². The van der Waals surface area contributed by atoms with E-state index in [1.165, 1.54) is 7.11 Å². The average Bonchev–Trinajstić information content (AvgIpc) is 3.25. The molecule has 2 N–H and O–H groups in total. The second-order valence-corrected chi connectivity index (χ2v) is 11.3. The van der Waals surface area contributed by atoms with E-state index >= 15 is 0 Å². The summed E-state index contributed by atoms with van der Waals surface area (Å²) in [6, 6.07) is 12.2. The van der Waals surface area contributed by atoms with E-state index < -0.39 is 15.7 Å². The number of sulfone groups is 1. The zero-order chi connectivity index (χ0) is 26.6. The van der Waals surface area contributed by atoms with Crippen LogP contribution in [0.5, 0.6) is 5.88 Å². The van der Waals surface area contributed by atoms with Crippen LogP contribution in [0.15, 0.2) is 42.5 Å². The summed E-state index contributed by atoms with van der Waals surface area (Å²) < 4.78 is 30.8. The van der Waals surface area contributed by atoms with Crippen LogP contribution in [0.25, 0.3) is 17.1 Å². The van der Waals surface area contributed by atoms with Crippen molar-refractivity contribution in [3.05, 3.63) is 63.8 Å². The number of hydrogen-bond acceptors (Lipinski definition) is 7. The van der Waals surface area contributed by atoms with Crippen LogP contribution in [0.4, 0.5) is 0 Å². The molecule has 1 aromatic heterocycles. The molecule has 2 heterocycles. The molecule has 194 valence electrons. The minimum absolute atomic E-state index is 0.00348. The van der Waals surface area contributed by atoms with Crippen molar-refractivity contribution >= 4 is 38.9 Å². The van der Waals surface area contributed by atoms with Gasteiger partial charge in [-0.25, -0.2) is 18.4 Å². The number of benzene rings is 2. The maximum Gasteiger partial charge on any atom is 0.289 e. The number of aliphatic hydroxyl groups is 1. The molecule has 0 spiro atoms. The molecule has 1 aliphatic heterocycles. The van der Waals surface area contributed by atoms with E-state index in [2.05, 4.69) is 22.3 Å². The lowest BCUT2D eigenvalue weighted by Gasteiger charge is -2.26. The highest BCUT2D eigenvalue weighted by Crippen LogP contribution is 2.36. The van der Waals surface area contributed by atoms with Crippen molar-refractivity contribution in [2.24, 2.45) is 0 Å². The first-order chi connectivity index (χ1) is 17.7. The molecule has 0 radical (unpaired) electrons. The zero-order valence-corrected chi connectivity index (χ0v) is 22.2. The van der Waals surface area contributed by atoms with Crippen molar-refractivity contribution in [1.29, 1.82) is 0 Å². The first-order valence-corrected chi connectivity index (χ1v) is 13.9. The number of nitrogens with zero attached hydrogens (tertiary/aromatic N) is 3. The molecule has 0 saturated carbocycles. The minimum atomic E-state index is -3.11. The van der Waals surface area contributed by atoms with E-state index in [9.17, 15) is 13.2 Å². The predicted octanol–water partition coefficient (Wildman–Crippen LogP) is 2.96. The van der Waals surface area contributed by atoms with Crippen LogP contribution in [0.3, 0.4) is 0 Å². The van der Waals surface area contributed by atoms with Crippen molar-refractivity contribution in [1.82, 2.24) is 20.0 Å². The molecule has 1 aliphatic rings. The van der Waals surface area contributed by atoms with Gasteiger partial charge in [0.1, 0.15) is 5.82 Å². The number of aliphatic hydroxyl groups excluding tert-OH is 1. The molecule has 37 heavy (non-hydrogen) atoms. The summed E-state index contributed by atoms with van der Waals surface area (Å²) in [5.41, 5.74) is 4.65. The summed E-state index contributed by atoms with van der Waals surface area (Å²) in [5.74, 6) is 5.74. The van der Waals surface area contributed by atoms with Gasteiger partial charge in [-0.3, -0.25) is 14.8 Å². The van der Waals surface area contributed by atoms with Gasteiger partial charge in [0, 0.05) is 35.7 Å². The molecule has 1 fully saturated rings. The largest absolute Gasteiger partial charge is 0.480 e. The lowest BCUT2D eigenvalue weighted by atomic mass is 10.2. The Balaban J connectivity index is 1.77. The van der Waals surface area contributed by atoms with Crippen LogP contribution in [-0.4, -0.2) is 72.3 Å². The third-order valence-electron chi connectivity index (χ3n) is 5.61. The Morgan fingerprint density at radius 1 is 1.16 bits per heavy atom. The number of nitrogens with one attached hydrogen (secondary N) is 1. The lowest BCUT2D eigenvalue weighted by Crippen LogP contribution is -2.50. The Hall–Kier alpha value is -3.07. The number of carbonyl (C=O) groups is 1. The van der Waals surface area contributed by atoms with Gasteiger partial charge in [-0.15, -0.1) is 0 Å². The number of halogens is 2. The Labute approximate surface area is 224 Å². The summed E-state index contributed by atoms with van der Waals surface area (Å²) >= 11 is 12.6. The van der Waals surface area contributed by atoms with Crippen molar-refractivity contribution in [3.63, 3.8) is 0 Å². The summed E-state index contributed by atoms with van der Waals surface area (Å²) in [4.78, 5) is 17.9. The van der Waals surface area contributed by atoms with Gasteiger partial charge in [0.05, 0.1) is 35.9 Å². The Morgan fingerprint density at radius 2 is 1.86 bits per heavy atom. The number of hydrogen-bond donors (Lipinski definition) is 2. The molecule has 0 bridgehead atoms. The van der Waals surface area contributed by atoms with Gasteiger partial charge in [0.15, 0.2) is 15.5 Å². The van der Waals surface area contributed by atoms with E-state index in [-0.39, 0.29) is 42.8 Å². The second-order valence-electron chi connectivity index (χ2n) is 8.15. The van der Waals surface area contributed by atoms with E-state index in [4.69, 9.17) is 33.0 Å². The van der Waals surface area contributed by atoms with Crippen LogP contribution in [0.1, 0.15) is 22.5 Å². The van der Waals surface area contributed by atoms with Gasteiger partial charge in [-0.2, -0.15) is 0 Å². The summed E-state index contributed by atoms with van der Waals surface area (Å²) in [7, 11) is -1.68. The van der Waals surface area contributed by atoms with Crippen molar-refractivity contribution < 1.29 is 23.1 Å². The van der Waals surface area contributed by atoms with Crippen molar-refractivity contribution in [2.45, 2.75) is 6.42 Å². The number of amides is 1. The Bertz CT molecular complexity index is 1460. The van der Waals surface area contributed by atoms with Crippen LogP contribution >= 0.6 is 23.2 Å². The third-order valence-corrected chi connectivity index (χ3v) is 7.77. The predicted molar refractivity (Wildman–Crippen MR) is 142 cm³/mol. The van der Waals surface area contributed by atoms with E-state index in [1.807, 2.05) is 0 Å². The molecule has 1 saturated heterocycles. The number of methoxy groups -OCH3 is 1. The third kappa shape index (κ3) is 6.26. The molecule has 0 atom stereocenters. The first-order valence-electron chi connectivity index (χ1n) is 11.3. The summed E-state index contributed by atoms with van der Waals surface area (Å²) in [6.45, 7) is 0.331. The highest BCUT2D eigenvalue weighted by atomic mass is 35.5. The highest BCUT2D eigenvalue weighted by Gasteiger charge is 2.29. The molecule has 3 aromatic rings. The zero-order valence-electron chi connectivity index (χ0n) is 19.9. The van der Waals surface area contributed by atoms with Crippen molar-refractivity contribution in [3.8, 4) is 34.8 Å².